The molecule has 0 spiro atoms. The molecule has 8 heteroatoms. The van der Waals surface area contributed by atoms with E-state index in [0.717, 1.165) is 30.7 Å². The van der Waals surface area contributed by atoms with Crippen molar-refractivity contribution in [1.82, 2.24) is 15.0 Å². The summed E-state index contributed by atoms with van der Waals surface area (Å²) in [5.74, 6) is 0.295. The molecule has 0 N–H and O–H groups in total. The van der Waals surface area contributed by atoms with E-state index < -0.39 is 17.8 Å². The van der Waals surface area contributed by atoms with Gasteiger partial charge >= 0.3 is 6.18 Å². The van der Waals surface area contributed by atoms with E-state index in [9.17, 15) is 18.0 Å². The average Bonchev–Trinajstić information content (AvgIpc) is 3.16. The van der Waals surface area contributed by atoms with Crippen LogP contribution in [0.2, 0.25) is 0 Å². The summed E-state index contributed by atoms with van der Waals surface area (Å²) in [6, 6.07) is 4.22. The fourth-order valence-corrected chi connectivity index (χ4v) is 3.01. The molecule has 1 saturated heterocycles. The molecule has 1 aliphatic heterocycles. The molecule has 2 heterocycles. The number of amides is 1. The van der Waals surface area contributed by atoms with Crippen LogP contribution >= 0.6 is 0 Å². The molecule has 1 atom stereocenters. The molecule has 1 saturated carbocycles. The summed E-state index contributed by atoms with van der Waals surface area (Å²) in [6.45, 7) is 0.452. The molecule has 2 aromatic rings. The van der Waals surface area contributed by atoms with Crippen molar-refractivity contribution in [3.05, 3.63) is 41.7 Å². The van der Waals surface area contributed by atoms with Crippen molar-refractivity contribution in [2.75, 3.05) is 11.4 Å². The minimum absolute atomic E-state index is 0.165. The van der Waals surface area contributed by atoms with Crippen LogP contribution < -0.4 is 4.90 Å². The number of carbonyl (C=O) groups excluding carboxylic acids is 1. The van der Waals surface area contributed by atoms with Gasteiger partial charge in [-0.2, -0.15) is 13.2 Å². The highest BCUT2D eigenvalue weighted by molar-refractivity contribution is 5.98. The first-order chi connectivity index (χ1) is 11.4. The molecule has 2 fully saturated rings. The molecule has 5 nitrogen and oxygen atoms in total. The normalized spacial score (nSPS) is 21.5. The first-order valence-electron chi connectivity index (χ1n) is 7.84. The molecular formula is C16H15F3N4O. The van der Waals surface area contributed by atoms with Gasteiger partial charge in [0.25, 0.3) is 5.91 Å². The van der Waals surface area contributed by atoms with Gasteiger partial charge in [-0.05, 0) is 43.5 Å². The molecule has 0 bridgehead atoms. The molecule has 0 radical (unpaired) electrons. The quantitative estimate of drug-likeness (QED) is 0.865. The number of hydrogen-bond donors (Lipinski definition) is 0. The number of carbonyl (C=O) groups is 1. The Bertz CT molecular complexity index is 764. The predicted molar refractivity (Wildman–Crippen MR) is 79.4 cm³/mol. The van der Waals surface area contributed by atoms with Crippen molar-refractivity contribution in [3.63, 3.8) is 0 Å². The van der Waals surface area contributed by atoms with Crippen molar-refractivity contribution in [2.45, 2.75) is 37.4 Å². The van der Waals surface area contributed by atoms with E-state index in [1.54, 1.807) is 4.68 Å². The molecule has 1 unspecified atom stereocenters. The number of halogens is 3. The van der Waals surface area contributed by atoms with E-state index in [1.807, 2.05) is 6.20 Å². The summed E-state index contributed by atoms with van der Waals surface area (Å²) in [6.07, 6.45) is 0.212. The summed E-state index contributed by atoms with van der Waals surface area (Å²) in [7, 11) is 0. The summed E-state index contributed by atoms with van der Waals surface area (Å²) in [5, 5.41) is 8.17. The number of aromatic nitrogens is 3. The Morgan fingerprint density at radius 3 is 2.42 bits per heavy atom. The van der Waals surface area contributed by atoms with Crippen molar-refractivity contribution < 1.29 is 18.0 Å². The van der Waals surface area contributed by atoms with Crippen molar-refractivity contribution in [2.24, 2.45) is 0 Å². The molecule has 126 valence electrons. The first kappa shape index (κ1) is 15.2. The number of anilines is 1. The van der Waals surface area contributed by atoms with Gasteiger partial charge in [0.2, 0.25) is 0 Å². The Morgan fingerprint density at radius 2 is 1.79 bits per heavy atom. The van der Waals surface area contributed by atoms with Crippen molar-refractivity contribution in [1.29, 1.82) is 0 Å². The van der Waals surface area contributed by atoms with Gasteiger partial charge in [-0.3, -0.25) is 4.79 Å². The highest BCUT2D eigenvalue weighted by Crippen LogP contribution is 2.39. The maximum Gasteiger partial charge on any atom is 0.416 e. The lowest BCUT2D eigenvalue weighted by Gasteiger charge is -2.17. The average molecular weight is 336 g/mol. The van der Waals surface area contributed by atoms with Crippen LogP contribution in [-0.2, 0) is 11.0 Å². The van der Waals surface area contributed by atoms with Gasteiger partial charge in [0, 0.05) is 24.3 Å². The Kier molecular flexibility index (Phi) is 3.36. The molecule has 1 aromatic carbocycles. The van der Waals surface area contributed by atoms with E-state index in [2.05, 4.69) is 10.3 Å². The summed E-state index contributed by atoms with van der Waals surface area (Å²) in [5.41, 5.74) is 0.661. The zero-order chi connectivity index (χ0) is 16.9. The summed E-state index contributed by atoms with van der Waals surface area (Å²) < 4.78 is 39.5. The van der Waals surface area contributed by atoms with Crippen LogP contribution in [0.15, 0.2) is 30.5 Å². The number of nitrogens with zero attached hydrogens (tertiary/aromatic N) is 4. The zero-order valence-corrected chi connectivity index (χ0v) is 12.7. The summed E-state index contributed by atoms with van der Waals surface area (Å²) >= 11 is 0. The van der Waals surface area contributed by atoms with Crippen LogP contribution in [0.1, 0.15) is 42.5 Å². The third kappa shape index (κ3) is 2.65. The Hall–Kier alpha value is -2.38. The number of alkyl halides is 3. The predicted octanol–water partition coefficient (Wildman–Crippen LogP) is 3.15. The Balaban J connectivity index is 1.52. The lowest BCUT2D eigenvalue weighted by molar-refractivity contribution is -0.137. The second kappa shape index (κ2) is 5.32. The van der Waals surface area contributed by atoms with Gasteiger partial charge in [0.15, 0.2) is 0 Å². The molecule has 24 heavy (non-hydrogen) atoms. The van der Waals surface area contributed by atoms with Crippen LogP contribution in [0.5, 0.6) is 0 Å². The molecule has 1 aromatic heterocycles. The fourth-order valence-electron chi connectivity index (χ4n) is 3.01. The number of rotatable bonds is 3. The lowest BCUT2D eigenvalue weighted by Crippen LogP contribution is -2.28. The molecule has 2 aliphatic rings. The maximum atomic E-state index is 12.6. The SMILES string of the molecule is O=C1C(n2cc(C3CC3)nn2)CCN1c1ccc(C(F)(F)F)cc1. The Labute approximate surface area is 136 Å². The zero-order valence-electron chi connectivity index (χ0n) is 12.7. The van der Waals surface area contributed by atoms with Crippen LogP contribution in [0, 0.1) is 0 Å². The summed E-state index contributed by atoms with van der Waals surface area (Å²) in [4.78, 5) is 14.1. The van der Waals surface area contributed by atoms with E-state index in [1.165, 1.54) is 17.0 Å². The van der Waals surface area contributed by atoms with Gasteiger partial charge in [0.1, 0.15) is 6.04 Å². The second-order valence-corrected chi connectivity index (χ2v) is 6.24. The topological polar surface area (TPSA) is 51.0 Å². The Morgan fingerprint density at radius 1 is 1.08 bits per heavy atom. The van der Waals surface area contributed by atoms with E-state index in [0.29, 0.717) is 24.6 Å². The standard InChI is InChI=1S/C16H15F3N4O/c17-16(18,19)11-3-5-12(6-4-11)22-8-7-14(15(22)24)23-9-13(20-21-23)10-1-2-10/h3-6,9-10,14H,1-2,7-8H2. The second-order valence-electron chi connectivity index (χ2n) is 6.24. The maximum absolute atomic E-state index is 12.6. The third-order valence-electron chi connectivity index (χ3n) is 4.53. The molecular weight excluding hydrogens is 321 g/mol. The van der Waals surface area contributed by atoms with Gasteiger partial charge < -0.3 is 4.90 Å². The first-order valence-corrected chi connectivity index (χ1v) is 7.84. The minimum atomic E-state index is -4.38. The van der Waals surface area contributed by atoms with Crippen LogP contribution in [0.4, 0.5) is 18.9 Å². The van der Waals surface area contributed by atoms with Crippen molar-refractivity contribution in [3.8, 4) is 0 Å². The van der Waals surface area contributed by atoms with E-state index >= 15 is 0 Å². The minimum Gasteiger partial charge on any atom is -0.310 e. The van der Waals surface area contributed by atoms with Crippen LogP contribution in [-0.4, -0.2) is 27.4 Å². The number of hydrogen-bond acceptors (Lipinski definition) is 3. The van der Waals surface area contributed by atoms with Gasteiger partial charge in [-0.25, -0.2) is 4.68 Å². The van der Waals surface area contributed by atoms with E-state index in [4.69, 9.17) is 0 Å². The molecule has 4 rings (SSSR count). The van der Waals surface area contributed by atoms with Gasteiger partial charge in [0.05, 0.1) is 11.3 Å². The van der Waals surface area contributed by atoms with Crippen LogP contribution in [0.3, 0.4) is 0 Å². The lowest BCUT2D eigenvalue weighted by atomic mass is 10.2. The monoisotopic (exact) mass is 336 g/mol. The van der Waals surface area contributed by atoms with Crippen molar-refractivity contribution >= 4 is 11.6 Å². The fraction of sp³-hybridized carbons (Fsp3) is 0.438. The highest BCUT2D eigenvalue weighted by atomic mass is 19.4. The van der Waals surface area contributed by atoms with Gasteiger partial charge in [-0.15, -0.1) is 5.10 Å². The largest absolute Gasteiger partial charge is 0.416 e. The van der Waals surface area contributed by atoms with Crippen LogP contribution in [0.25, 0.3) is 0 Å². The molecule has 1 amide bonds. The smallest absolute Gasteiger partial charge is 0.310 e. The van der Waals surface area contributed by atoms with Gasteiger partial charge in [-0.1, -0.05) is 5.21 Å². The third-order valence-corrected chi connectivity index (χ3v) is 4.53. The van der Waals surface area contributed by atoms with E-state index in [-0.39, 0.29) is 5.91 Å². The molecule has 1 aliphatic carbocycles. The number of benzene rings is 1. The highest BCUT2D eigenvalue weighted by Gasteiger charge is 2.36.